The molecular formula is C13H9Cl7MnN2O4. The molecule has 2 aromatic heterocycles. The van der Waals surface area contributed by atoms with Crippen LogP contribution in [0.1, 0.15) is 15.9 Å². The van der Waals surface area contributed by atoms with Crippen LogP contribution >= 0.6 is 81.2 Å². The van der Waals surface area contributed by atoms with Crippen LogP contribution in [0.2, 0.25) is 20.4 Å². The Morgan fingerprint density at radius 1 is 0.963 bits per heavy atom. The van der Waals surface area contributed by atoms with E-state index in [2.05, 4.69) is 9.97 Å². The molecule has 2 aromatic rings. The molecule has 0 aromatic carbocycles. The van der Waals surface area contributed by atoms with Gasteiger partial charge in [-0.15, -0.1) is 0 Å². The molecule has 0 aliphatic rings. The maximum atomic E-state index is 10.2. The number of rotatable bonds is 2. The molecule has 6 nitrogen and oxygen atoms in total. The zero-order chi connectivity index (χ0) is 21.4. The third-order valence-corrected chi connectivity index (χ3v) is 3.13. The average Bonchev–Trinajstić information content (AvgIpc) is 2.56. The molecule has 14 heteroatoms. The van der Waals surface area contributed by atoms with Crippen LogP contribution in [0.15, 0.2) is 24.5 Å². The predicted molar refractivity (Wildman–Crippen MR) is 103 cm³/mol. The summed E-state index contributed by atoms with van der Waals surface area (Å²) in [5.74, 6) is 0. The van der Waals surface area contributed by atoms with Crippen LogP contribution in [0.5, 0.6) is 0 Å². The second kappa shape index (κ2) is 18.1. The molecule has 1 N–H and O–H groups in total. The third kappa shape index (κ3) is 16.7. The van der Waals surface area contributed by atoms with Crippen molar-refractivity contribution in [3.63, 3.8) is 0 Å². The average molecular weight is 560 g/mol. The summed E-state index contributed by atoms with van der Waals surface area (Å²) in [6.07, 6.45) is 3.41. The number of carbonyl (C=O) groups excluding carboxylic acids is 1. The van der Waals surface area contributed by atoms with Crippen molar-refractivity contribution < 1.29 is 32.4 Å². The van der Waals surface area contributed by atoms with Crippen LogP contribution in [0.4, 0.5) is 0 Å². The molecule has 2 heterocycles. The molecule has 0 saturated heterocycles. The third-order valence-electron chi connectivity index (χ3n) is 2.04. The van der Waals surface area contributed by atoms with Crippen molar-refractivity contribution in [3.05, 3.63) is 56.0 Å². The molecule has 27 heavy (non-hydrogen) atoms. The quantitative estimate of drug-likeness (QED) is 0.215. The zero-order valence-electron chi connectivity index (χ0n) is 12.8. The van der Waals surface area contributed by atoms with Gasteiger partial charge in [-0.25, -0.2) is 9.97 Å². The Balaban J connectivity index is 0. The van der Waals surface area contributed by atoms with Crippen LogP contribution < -0.4 is 0 Å². The molecule has 0 radical (unpaired) electrons. The summed E-state index contributed by atoms with van der Waals surface area (Å²) < 4.78 is 16.1. The van der Waals surface area contributed by atoms with Gasteiger partial charge in [-0.05, 0) is 12.1 Å². The molecule has 0 aliphatic carbocycles. The van der Waals surface area contributed by atoms with Crippen molar-refractivity contribution in [1.29, 1.82) is 0 Å². The molecule has 0 unspecified atom stereocenters. The van der Waals surface area contributed by atoms with Gasteiger partial charge in [-0.2, -0.15) is 0 Å². The van der Waals surface area contributed by atoms with Gasteiger partial charge in [0.25, 0.3) is 0 Å². The standard InChI is InChI=1S/C6H5Cl2NO.C6H3Cl2NO.CHCl3.Mn.2O/c2*7-5-1-6(8)9-2-4(5)3-10;2-1(3)4;;;/h1-2,10H,3H2;1-3H;1H;;;. The predicted octanol–water partition coefficient (Wildman–Crippen LogP) is 5.83. The number of aromatic nitrogens is 2. The zero-order valence-corrected chi connectivity index (χ0v) is 19.2. The van der Waals surface area contributed by atoms with E-state index in [4.69, 9.17) is 94.0 Å². The minimum absolute atomic E-state index is 0.108. The van der Waals surface area contributed by atoms with E-state index in [1.54, 1.807) is 0 Å². The summed E-state index contributed by atoms with van der Waals surface area (Å²) in [5.41, 5.74) is 0.942. The molecule has 0 fully saturated rings. The number of alkyl halides is 3. The SMILES string of the molecule is ClC(Cl)Cl.O=Cc1cnc(Cl)cc1Cl.OCc1cnc(Cl)cc1Cl.[O]=[Mn]=[O]. The fourth-order valence-electron chi connectivity index (χ4n) is 1.06. The summed E-state index contributed by atoms with van der Waals surface area (Å²) in [4.78, 5) is 17.6. The normalized spacial score (nSPS) is 8.93. The summed E-state index contributed by atoms with van der Waals surface area (Å²) >= 11 is 35.2. The van der Waals surface area contributed by atoms with E-state index in [0.717, 1.165) is 0 Å². The van der Waals surface area contributed by atoms with Gasteiger partial charge in [0.2, 0.25) is 0 Å². The Morgan fingerprint density at radius 3 is 1.70 bits per heavy atom. The van der Waals surface area contributed by atoms with Crippen molar-refractivity contribution in [2.24, 2.45) is 0 Å². The van der Waals surface area contributed by atoms with Gasteiger partial charge in [0, 0.05) is 18.0 Å². The monoisotopic (exact) mass is 557 g/mol. The molecule has 0 aliphatic heterocycles. The summed E-state index contributed by atoms with van der Waals surface area (Å²) in [7, 11) is 0. The van der Waals surface area contributed by atoms with Crippen molar-refractivity contribution in [2.75, 3.05) is 0 Å². The van der Waals surface area contributed by atoms with Crippen molar-refractivity contribution in [3.8, 4) is 0 Å². The van der Waals surface area contributed by atoms with Gasteiger partial charge in [0.05, 0.1) is 22.2 Å². The Labute approximate surface area is 195 Å². The number of nitrogens with zero attached hydrogens (tertiary/aromatic N) is 2. The molecule has 0 amide bonds. The van der Waals surface area contributed by atoms with Crippen LogP contribution in [-0.2, 0) is 29.1 Å². The Morgan fingerprint density at radius 2 is 1.37 bits per heavy atom. The van der Waals surface area contributed by atoms with Crippen LogP contribution in [0.25, 0.3) is 0 Å². The van der Waals surface area contributed by atoms with E-state index in [1.807, 2.05) is 0 Å². The van der Waals surface area contributed by atoms with Gasteiger partial charge < -0.3 is 5.11 Å². The Kier molecular flexibility index (Phi) is 19.7. The molecular weight excluding hydrogens is 551 g/mol. The molecule has 2 rings (SSSR count). The van der Waals surface area contributed by atoms with E-state index in [9.17, 15) is 4.79 Å². The minimum atomic E-state index is -1.44. The van der Waals surface area contributed by atoms with E-state index in [1.165, 1.54) is 24.5 Å². The van der Waals surface area contributed by atoms with Gasteiger partial charge in [-0.3, -0.25) is 4.79 Å². The number of aldehydes is 1. The van der Waals surface area contributed by atoms with Crippen LogP contribution in [0, 0.1) is 0 Å². The first-order valence-corrected chi connectivity index (χ1v) is 9.89. The van der Waals surface area contributed by atoms with Crippen molar-refractivity contribution in [1.82, 2.24) is 9.97 Å². The van der Waals surface area contributed by atoms with Crippen molar-refractivity contribution >= 4 is 87.5 Å². The van der Waals surface area contributed by atoms with Gasteiger partial charge >= 0.3 is 22.5 Å². The molecule has 0 bridgehead atoms. The first-order chi connectivity index (χ1) is 12.6. The number of aliphatic hydroxyl groups is 1. The topological polar surface area (TPSA) is 97.2 Å². The van der Waals surface area contributed by atoms with Gasteiger partial charge in [-0.1, -0.05) is 81.2 Å². The van der Waals surface area contributed by atoms with Gasteiger partial charge in [0.15, 0.2) is 10.6 Å². The molecule has 0 atom stereocenters. The van der Waals surface area contributed by atoms with E-state index in [0.29, 0.717) is 32.6 Å². The summed E-state index contributed by atoms with van der Waals surface area (Å²) in [5, 5.41) is 10.0. The van der Waals surface area contributed by atoms with E-state index < -0.39 is 19.1 Å². The fourth-order valence-corrected chi connectivity index (χ4v) is 1.89. The molecule has 151 valence electrons. The van der Waals surface area contributed by atoms with Crippen LogP contribution in [0.3, 0.4) is 0 Å². The maximum absolute atomic E-state index is 10.2. The first kappa shape index (κ1) is 29.3. The van der Waals surface area contributed by atoms with E-state index >= 15 is 0 Å². The van der Waals surface area contributed by atoms with Crippen LogP contribution in [-0.4, -0.2) is 25.7 Å². The molecule has 0 saturated carbocycles. The fraction of sp³-hybridized carbons (Fsp3) is 0.154. The molecule has 0 spiro atoms. The van der Waals surface area contributed by atoms with E-state index in [-0.39, 0.29) is 11.8 Å². The summed E-state index contributed by atoms with van der Waals surface area (Å²) in [6.45, 7) is -0.108. The second-order valence-corrected chi connectivity index (χ2v) is 7.48. The van der Waals surface area contributed by atoms with Crippen molar-refractivity contribution in [2.45, 2.75) is 10.9 Å². The Hall–Kier alpha value is 0.0795. The Bertz CT molecular complexity index is 744. The first-order valence-electron chi connectivity index (χ1n) is 6.11. The second-order valence-electron chi connectivity index (χ2n) is 3.71. The number of pyridine rings is 2. The number of halogens is 7. The van der Waals surface area contributed by atoms with Gasteiger partial charge in [0.1, 0.15) is 10.3 Å². The number of aliphatic hydroxyl groups excluding tert-OH is 1. The number of hydrogen-bond acceptors (Lipinski definition) is 6. The number of hydrogen-bond donors (Lipinski definition) is 1. The summed E-state index contributed by atoms with van der Waals surface area (Å²) in [6, 6.07) is 2.92. The number of carbonyl (C=O) groups is 1.